The Morgan fingerprint density at radius 3 is 1.78 bits per heavy atom. The SMILES string of the molecule is Cc1ccc2c(-c3ccc(OCC(C)C)c(OCC(C)C)c3)c(-c3cccs3)c3ccc(C)cc3c2c1. The quantitative estimate of drug-likeness (QED) is 0.194. The van der Waals surface area contributed by atoms with E-state index in [9.17, 15) is 0 Å². The van der Waals surface area contributed by atoms with Crippen molar-refractivity contribution in [2.45, 2.75) is 41.5 Å². The molecular formula is C34H36O2S. The highest BCUT2D eigenvalue weighted by atomic mass is 32.1. The number of aryl methyl sites for hydroxylation is 2. The zero-order valence-corrected chi connectivity index (χ0v) is 23.5. The molecule has 190 valence electrons. The Bertz CT molecular complexity index is 1540. The lowest BCUT2D eigenvalue weighted by Gasteiger charge is -2.20. The van der Waals surface area contributed by atoms with Gasteiger partial charge < -0.3 is 9.47 Å². The molecule has 0 aliphatic heterocycles. The summed E-state index contributed by atoms with van der Waals surface area (Å²) in [5.41, 5.74) is 6.22. The second-order valence-electron chi connectivity index (χ2n) is 10.9. The molecule has 1 aromatic heterocycles. The summed E-state index contributed by atoms with van der Waals surface area (Å²) in [7, 11) is 0. The molecular weight excluding hydrogens is 472 g/mol. The first-order chi connectivity index (χ1) is 17.8. The number of ether oxygens (including phenoxy) is 2. The van der Waals surface area contributed by atoms with Crippen LogP contribution in [0.1, 0.15) is 38.8 Å². The van der Waals surface area contributed by atoms with Crippen molar-refractivity contribution in [2.24, 2.45) is 11.8 Å². The van der Waals surface area contributed by atoms with Crippen LogP contribution < -0.4 is 9.47 Å². The Balaban J connectivity index is 1.82. The van der Waals surface area contributed by atoms with Crippen LogP contribution in [0.2, 0.25) is 0 Å². The lowest BCUT2D eigenvalue weighted by Crippen LogP contribution is -2.09. The van der Waals surface area contributed by atoms with Crippen molar-refractivity contribution in [3.8, 4) is 33.1 Å². The largest absolute Gasteiger partial charge is 0.489 e. The fourth-order valence-electron chi connectivity index (χ4n) is 4.85. The van der Waals surface area contributed by atoms with Gasteiger partial charge in [-0.3, -0.25) is 0 Å². The highest BCUT2D eigenvalue weighted by Gasteiger charge is 2.20. The van der Waals surface area contributed by atoms with Crippen LogP contribution in [0.25, 0.3) is 43.1 Å². The lowest BCUT2D eigenvalue weighted by molar-refractivity contribution is 0.229. The summed E-state index contributed by atoms with van der Waals surface area (Å²) >= 11 is 1.79. The van der Waals surface area contributed by atoms with Gasteiger partial charge in [0.2, 0.25) is 0 Å². The summed E-state index contributed by atoms with van der Waals surface area (Å²) in [6.07, 6.45) is 0. The van der Waals surface area contributed by atoms with E-state index in [0.717, 1.165) is 17.1 Å². The summed E-state index contributed by atoms with van der Waals surface area (Å²) in [5.74, 6) is 2.50. The van der Waals surface area contributed by atoms with Crippen molar-refractivity contribution < 1.29 is 9.47 Å². The lowest BCUT2D eigenvalue weighted by atomic mass is 9.86. The van der Waals surface area contributed by atoms with Crippen LogP contribution >= 0.6 is 11.3 Å². The van der Waals surface area contributed by atoms with Gasteiger partial charge in [-0.1, -0.05) is 87.4 Å². The van der Waals surface area contributed by atoms with Crippen LogP contribution in [0.5, 0.6) is 11.5 Å². The number of hydrogen-bond donors (Lipinski definition) is 0. The molecule has 3 heteroatoms. The zero-order valence-electron chi connectivity index (χ0n) is 22.7. The fraction of sp³-hybridized carbons (Fsp3) is 0.294. The van der Waals surface area contributed by atoms with Crippen LogP contribution in [-0.4, -0.2) is 13.2 Å². The molecule has 1 heterocycles. The van der Waals surface area contributed by atoms with Crippen LogP contribution in [0, 0.1) is 25.7 Å². The van der Waals surface area contributed by atoms with Gasteiger partial charge in [0.05, 0.1) is 13.2 Å². The van der Waals surface area contributed by atoms with Gasteiger partial charge in [-0.05, 0) is 81.9 Å². The van der Waals surface area contributed by atoms with Gasteiger partial charge in [-0.2, -0.15) is 0 Å². The van der Waals surface area contributed by atoms with E-state index in [1.807, 2.05) is 0 Å². The number of fused-ring (bicyclic) bond motifs is 3. The molecule has 0 saturated carbocycles. The maximum absolute atomic E-state index is 6.34. The predicted octanol–water partition coefficient (Wildman–Crippen LogP) is 10.1. The molecule has 0 aliphatic rings. The third-order valence-corrected chi connectivity index (χ3v) is 7.46. The Kier molecular flexibility index (Phi) is 7.26. The van der Waals surface area contributed by atoms with Crippen molar-refractivity contribution in [1.82, 2.24) is 0 Å². The van der Waals surface area contributed by atoms with Crippen molar-refractivity contribution >= 4 is 32.9 Å². The highest BCUT2D eigenvalue weighted by molar-refractivity contribution is 7.13. The number of benzene rings is 4. The average Bonchev–Trinajstić information content (AvgIpc) is 3.40. The minimum atomic E-state index is 0.427. The summed E-state index contributed by atoms with van der Waals surface area (Å²) in [4.78, 5) is 1.27. The molecule has 0 bridgehead atoms. The standard InChI is InChI=1S/C34H36O2S/c1-21(2)19-35-30-14-11-25(18-31(30)36-20-22(3)4)33-26-12-9-23(5)16-28(26)29-17-24(6)10-13-27(29)34(33)32-8-7-15-37-32/h7-18,21-22H,19-20H2,1-6H3. The van der Waals surface area contributed by atoms with E-state index >= 15 is 0 Å². The Morgan fingerprint density at radius 1 is 0.622 bits per heavy atom. The molecule has 0 radical (unpaired) electrons. The average molecular weight is 509 g/mol. The van der Waals surface area contributed by atoms with Gasteiger partial charge in [-0.25, -0.2) is 0 Å². The number of rotatable bonds is 8. The molecule has 0 spiro atoms. The molecule has 0 unspecified atom stereocenters. The van der Waals surface area contributed by atoms with Crippen LogP contribution in [0.15, 0.2) is 72.1 Å². The molecule has 0 saturated heterocycles. The van der Waals surface area contributed by atoms with Crippen molar-refractivity contribution in [2.75, 3.05) is 13.2 Å². The molecule has 4 aromatic carbocycles. The van der Waals surface area contributed by atoms with Gasteiger partial charge in [0.25, 0.3) is 0 Å². The van der Waals surface area contributed by atoms with Crippen molar-refractivity contribution in [3.05, 3.63) is 83.2 Å². The fourth-order valence-corrected chi connectivity index (χ4v) is 5.64. The van der Waals surface area contributed by atoms with E-state index < -0.39 is 0 Å². The summed E-state index contributed by atoms with van der Waals surface area (Å²) < 4.78 is 12.5. The molecule has 0 fully saturated rings. The van der Waals surface area contributed by atoms with E-state index in [-0.39, 0.29) is 0 Å². The number of hydrogen-bond acceptors (Lipinski definition) is 3. The Labute approximate surface area is 224 Å². The summed E-state index contributed by atoms with van der Waals surface area (Å²) in [5, 5.41) is 7.31. The molecule has 0 N–H and O–H groups in total. The molecule has 5 rings (SSSR count). The summed E-state index contributed by atoms with van der Waals surface area (Å²) in [6, 6.07) is 24.5. The minimum absolute atomic E-state index is 0.427. The van der Waals surface area contributed by atoms with Gasteiger partial charge >= 0.3 is 0 Å². The van der Waals surface area contributed by atoms with Gasteiger partial charge in [0.1, 0.15) is 0 Å². The van der Waals surface area contributed by atoms with E-state index in [0.29, 0.717) is 25.0 Å². The minimum Gasteiger partial charge on any atom is -0.489 e. The topological polar surface area (TPSA) is 18.5 Å². The third kappa shape index (κ3) is 5.24. The maximum atomic E-state index is 6.34. The van der Waals surface area contributed by atoms with Gasteiger partial charge in [0, 0.05) is 10.4 Å². The Hall–Kier alpha value is -3.30. The Morgan fingerprint density at radius 2 is 1.22 bits per heavy atom. The second-order valence-corrected chi connectivity index (χ2v) is 11.8. The zero-order chi connectivity index (χ0) is 26.1. The first-order valence-electron chi connectivity index (χ1n) is 13.2. The molecule has 2 nitrogen and oxygen atoms in total. The molecule has 0 amide bonds. The third-order valence-electron chi connectivity index (χ3n) is 6.57. The molecule has 0 aliphatic carbocycles. The first kappa shape index (κ1) is 25.4. The monoisotopic (exact) mass is 508 g/mol. The highest BCUT2D eigenvalue weighted by Crippen LogP contribution is 2.47. The normalized spacial score (nSPS) is 11.7. The smallest absolute Gasteiger partial charge is 0.161 e. The van der Waals surface area contributed by atoms with Crippen LogP contribution in [-0.2, 0) is 0 Å². The van der Waals surface area contributed by atoms with E-state index in [2.05, 4.69) is 114 Å². The van der Waals surface area contributed by atoms with Gasteiger partial charge in [-0.15, -0.1) is 11.3 Å². The first-order valence-corrected chi connectivity index (χ1v) is 14.1. The maximum Gasteiger partial charge on any atom is 0.161 e. The predicted molar refractivity (Wildman–Crippen MR) is 160 cm³/mol. The van der Waals surface area contributed by atoms with E-state index in [1.165, 1.54) is 48.7 Å². The van der Waals surface area contributed by atoms with Crippen molar-refractivity contribution in [3.63, 3.8) is 0 Å². The van der Waals surface area contributed by atoms with Gasteiger partial charge in [0.15, 0.2) is 11.5 Å². The molecule has 5 aromatic rings. The second kappa shape index (κ2) is 10.6. The van der Waals surface area contributed by atoms with Crippen molar-refractivity contribution in [1.29, 1.82) is 0 Å². The van der Waals surface area contributed by atoms with Crippen LogP contribution in [0.4, 0.5) is 0 Å². The molecule has 37 heavy (non-hydrogen) atoms. The van der Waals surface area contributed by atoms with E-state index in [1.54, 1.807) is 11.3 Å². The number of thiophene rings is 1. The molecule has 0 atom stereocenters. The van der Waals surface area contributed by atoms with Crippen LogP contribution in [0.3, 0.4) is 0 Å². The summed E-state index contributed by atoms with van der Waals surface area (Å²) in [6.45, 7) is 14.3. The van der Waals surface area contributed by atoms with E-state index in [4.69, 9.17) is 9.47 Å².